The lowest BCUT2D eigenvalue weighted by Crippen LogP contribution is -2.20. The molecule has 0 aliphatic rings. The molecule has 7 heteroatoms. The minimum absolute atomic E-state index is 0.394. The van der Waals surface area contributed by atoms with Gasteiger partial charge in [-0.1, -0.05) is 4.89 Å². The number of rotatable bonds is 2. The second-order valence-electron chi connectivity index (χ2n) is 2.21. The van der Waals surface area contributed by atoms with Crippen LogP contribution in [0.15, 0.2) is 23.1 Å². The Morgan fingerprint density at radius 3 is 2.46 bits per heavy atom. The lowest BCUT2D eigenvalue weighted by atomic mass is 10.3. The van der Waals surface area contributed by atoms with Crippen LogP contribution in [-0.4, -0.2) is 18.7 Å². The fraction of sp³-hybridized carbons (Fsp3) is 0. The maximum Gasteiger partial charge on any atom is 0.265 e. The minimum atomic E-state index is -4.23. The van der Waals surface area contributed by atoms with Crippen molar-refractivity contribution in [3.8, 4) is 5.75 Å². The topological polar surface area (TPSA) is 86.6 Å². The lowest BCUT2D eigenvalue weighted by Gasteiger charge is -2.02. The van der Waals surface area contributed by atoms with E-state index in [1.165, 1.54) is 0 Å². The SMILES string of the molecule is O=S(=O)(NO)c1ccc(O)cc1F. The first kappa shape index (κ1) is 9.90. The van der Waals surface area contributed by atoms with Gasteiger partial charge in [0.1, 0.15) is 16.5 Å². The summed E-state index contributed by atoms with van der Waals surface area (Å²) in [6.45, 7) is 0. The highest BCUT2D eigenvalue weighted by Crippen LogP contribution is 2.18. The largest absolute Gasteiger partial charge is 0.508 e. The average Bonchev–Trinajstić information content (AvgIpc) is 2.03. The van der Waals surface area contributed by atoms with Gasteiger partial charge >= 0.3 is 0 Å². The summed E-state index contributed by atoms with van der Waals surface area (Å²) < 4.78 is 34.5. The predicted octanol–water partition coefficient (Wildman–Crippen LogP) is 0.199. The Kier molecular flexibility index (Phi) is 2.50. The van der Waals surface area contributed by atoms with Gasteiger partial charge in [-0.05, 0) is 12.1 Å². The number of phenols is 1. The molecule has 5 nitrogen and oxygen atoms in total. The van der Waals surface area contributed by atoms with Crippen molar-refractivity contribution in [1.29, 1.82) is 0 Å². The second-order valence-corrected chi connectivity index (χ2v) is 3.84. The summed E-state index contributed by atoms with van der Waals surface area (Å²) in [6.07, 6.45) is 0. The first-order chi connectivity index (χ1) is 5.97. The molecule has 0 saturated carbocycles. The Morgan fingerprint density at radius 2 is 2.00 bits per heavy atom. The van der Waals surface area contributed by atoms with Crippen molar-refractivity contribution < 1.29 is 23.1 Å². The maximum atomic E-state index is 12.8. The standard InChI is InChI=1S/C6H6FNO4S/c7-5-3-4(9)1-2-6(5)13(11,12)8-10/h1-3,8-10H. The van der Waals surface area contributed by atoms with Gasteiger partial charge in [0.2, 0.25) is 0 Å². The van der Waals surface area contributed by atoms with Gasteiger partial charge in [-0.2, -0.15) is 0 Å². The van der Waals surface area contributed by atoms with Crippen LogP contribution >= 0.6 is 0 Å². The molecule has 0 fully saturated rings. The highest BCUT2D eigenvalue weighted by molar-refractivity contribution is 7.89. The third-order valence-electron chi connectivity index (χ3n) is 1.33. The Morgan fingerprint density at radius 1 is 1.38 bits per heavy atom. The molecule has 0 atom stereocenters. The van der Waals surface area contributed by atoms with E-state index in [-0.39, 0.29) is 0 Å². The minimum Gasteiger partial charge on any atom is -0.508 e. The van der Waals surface area contributed by atoms with E-state index < -0.39 is 26.5 Å². The van der Waals surface area contributed by atoms with Crippen molar-refractivity contribution in [2.24, 2.45) is 0 Å². The van der Waals surface area contributed by atoms with E-state index in [9.17, 15) is 12.8 Å². The van der Waals surface area contributed by atoms with Gasteiger partial charge in [-0.15, -0.1) is 0 Å². The van der Waals surface area contributed by atoms with Crippen molar-refractivity contribution in [2.75, 3.05) is 0 Å². The van der Waals surface area contributed by atoms with Crippen molar-refractivity contribution >= 4 is 10.0 Å². The quantitative estimate of drug-likeness (QED) is 0.604. The normalized spacial score (nSPS) is 11.5. The van der Waals surface area contributed by atoms with E-state index in [0.29, 0.717) is 6.07 Å². The first-order valence-corrected chi connectivity index (χ1v) is 4.60. The summed E-state index contributed by atoms with van der Waals surface area (Å²) in [4.78, 5) is 0.240. The Labute approximate surface area is 73.5 Å². The van der Waals surface area contributed by atoms with E-state index >= 15 is 0 Å². The molecule has 1 rings (SSSR count). The molecule has 72 valence electrons. The number of benzene rings is 1. The smallest absolute Gasteiger partial charge is 0.265 e. The lowest BCUT2D eigenvalue weighted by molar-refractivity contribution is 0.242. The van der Waals surface area contributed by atoms with Crippen LogP contribution in [0, 0.1) is 5.82 Å². The fourth-order valence-corrected chi connectivity index (χ4v) is 1.42. The molecule has 1 aromatic rings. The number of sulfonamides is 1. The van der Waals surface area contributed by atoms with Gasteiger partial charge in [0.05, 0.1) is 0 Å². The Bertz CT molecular complexity index is 417. The van der Waals surface area contributed by atoms with Crippen molar-refractivity contribution in [2.45, 2.75) is 4.90 Å². The third-order valence-corrected chi connectivity index (χ3v) is 2.48. The first-order valence-electron chi connectivity index (χ1n) is 3.12. The van der Waals surface area contributed by atoms with Crippen LogP contribution in [0.5, 0.6) is 5.75 Å². The zero-order chi connectivity index (χ0) is 10.1. The van der Waals surface area contributed by atoms with Crippen molar-refractivity contribution in [3.05, 3.63) is 24.0 Å². The average molecular weight is 207 g/mol. The molecule has 0 spiro atoms. The number of phenolic OH excluding ortho intramolecular Hbond substituents is 1. The summed E-state index contributed by atoms with van der Waals surface area (Å²) in [7, 11) is -4.23. The Hall–Kier alpha value is -1.18. The summed E-state index contributed by atoms with van der Waals surface area (Å²) in [5.41, 5.74) is 0. The number of hydrogen-bond donors (Lipinski definition) is 3. The number of hydrogen-bond acceptors (Lipinski definition) is 4. The molecular formula is C6H6FNO4S. The predicted molar refractivity (Wildman–Crippen MR) is 40.2 cm³/mol. The van der Waals surface area contributed by atoms with E-state index in [0.717, 1.165) is 17.0 Å². The summed E-state index contributed by atoms with van der Waals surface area (Å²) >= 11 is 0. The fourth-order valence-electron chi connectivity index (χ4n) is 0.757. The summed E-state index contributed by atoms with van der Waals surface area (Å²) in [5, 5.41) is 16.9. The van der Waals surface area contributed by atoms with Crippen LogP contribution in [-0.2, 0) is 10.0 Å². The van der Waals surface area contributed by atoms with Gasteiger partial charge in [0.15, 0.2) is 0 Å². The Balaban J connectivity index is 3.33. The molecular weight excluding hydrogens is 201 g/mol. The highest BCUT2D eigenvalue weighted by Gasteiger charge is 2.17. The molecule has 0 aromatic heterocycles. The van der Waals surface area contributed by atoms with Crippen LogP contribution in [0.2, 0.25) is 0 Å². The monoisotopic (exact) mass is 207 g/mol. The third kappa shape index (κ3) is 1.94. The van der Waals surface area contributed by atoms with E-state index in [4.69, 9.17) is 10.3 Å². The van der Waals surface area contributed by atoms with Crippen LogP contribution in [0.25, 0.3) is 0 Å². The van der Waals surface area contributed by atoms with E-state index in [2.05, 4.69) is 0 Å². The van der Waals surface area contributed by atoms with Crippen molar-refractivity contribution in [1.82, 2.24) is 4.89 Å². The number of aromatic hydroxyl groups is 1. The molecule has 0 heterocycles. The zero-order valence-electron chi connectivity index (χ0n) is 6.23. The second kappa shape index (κ2) is 3.29. The van der Waals surface area contributed by atoms with Gasteiger partial charge in [-0.3, -0.25) is 0 Å². The molecule has 0 unspecified atom stereocenters. The summed E-state index contributed by atoms with van der Waals surface area (Å²) in [5.74, 6) is -1.53. The van der Waals surface area contributed by atoms with Crippen LogP contribution in [0.4, 0.5) is 4.39 Å². The number of halogens is 1. The van der Waals surface area contributed by atoms with Crippen molar-refractivity contribution in [3.63, 3.8) is 0 Å². The van der Waals surface area contributed by atoms with Gasteiger partial charge in [0.25, 0.3) is 10.0 Å². The molecule has 0 bridgehead atoms. The van der Waals surface area contributed by atoms with Gasteiger partial charge < -0.3 is 10.3 Å². The molecule has 3 N–H and O–H groups in total. The summed E-state index contributed by atoms with van der Waals surface area (Å²) in [6, 6.07) is 2.46. The highest BCUT2D eigenvalue weighted by atomic mass is 32.2. The maximum absolute atomic E-state index is 12.8. The van der Waals surface area contributed by atoms with Gasteiger partial charge in [0, 0.05) is 6.07 Å². The van der Waals surface area contributed by atoms with E-state index in [1.54, 1.807) is 0 Å². The zero-order valence-corrected chi connectivity index (χ0v) is 7.05. The van der Waals surface area contributed by atoms with Crippen LogP contribution < -0.4 is 4.89 Å². The van der Waals surface area contributed by atoms with E-state index in [1.807, 2.05) is 0 Å². The molecule has 0 radical (unpaired) electrons. The molecule has 0 aliphatic heterocycles. The molecule has 13 heavy (non-hydrogen) atoms. The molecule has 0 saturated heterocycles. The molecule has 1 aromatic carbocycles. The van der Waals surface area contributed by atoms with Gasteiger partial charge in [-0.25, -0.2) is 12.8 Å². The molecule has 0 aliphatic carbocycles. The number of nitrogens with one attached hydrogen (secondary N) is 1. The molecule has 0 amide bonds. The van der Waals surface area contributed by atoms with Crippen LogP contribution in [0.3, 0.4) is 0 Å². The van der Waals surface area contributed by atoms with Crippen LogP contribution in [0.1, 0.15) is 0 Å².